The molecule has 98 valence electrons. The van der Waals surface area contributed by atoms with Gasteiger partial charge in [0.2, 0.25) is 0 Å². The SMILES string of the molecule is CCn1cc(S(=O)(=O)NCCC(C)N)nc1C. The van der Waals surface area contributed by atoms with Gasteiger partial charge in [-0.15, -0.1) is 0 Å². The maximum Gasteiger partial charge on any atom is 0.259 e. The maximum absolute atomic E-state index is 11.9. The van der Waals surface area contributed by atoms with E-state index < -0.39 is 10.0 Å². The van der Waals surface area contributed by atoms with E-state index in [1.165, 1.54) is 0 Å². The number of sulfonamides is 1. The normalized spacial score (nSPS) is 13.9. The molecule has 1 heterocycles. The van der Waals surface area contributed by atoms with Crippen LogP contribution in [0.15, 0.2) is 11.2 Å². The van der Waals surface area contributed by atoms with Crippen LogP contribution in [0.2, 0.25) is 0 Å². The molecule has 0 bridgehead atoms. The minimum atomic E-state index is -3.51. The lowest BCUT2D eigenvalue weighted by molar-refractivity contribution is 0.568. The number of nitrogens with two attached hydrogens (primary N) is 1. The van der Waals surface area contributed by atoms with Crippen molar-refractivity contribution < 1.29 is 8.42 Å². The van der Waals surface area contributed by atoms with E-state index in [0.717, 1.165) is 0 Å². The second-order valence-corrected chi connectivity index (χ2v) is 5.79. The van der Waals surface area contributed by atoms with Crippen LogP contribution in [0.3, 0.4) is 0 Å². The first-order chi connectivity index (χ1) is 7.86. The van der Waals surface area contributed by atoms with E-state index >= 15 is 0 Å². The van der Waals surface area contributed by atoms with Crippen LogP contribution in [0.1, 0.15) is 26.1 Å². The molecule has 0 spiro atoms. The first-order valence-corrected chi connectivity index (χ1v) is 7.14. The van der Waals surface area contributed by atoms with Gasteiger partial charge in [-0.3, -0.25) is 0 Å². The van der Waals surface area contributed by atoms with Crippen molar-refractivity contribution in [2.45, 2.75) is 44.8 Å². The Bertz CT molecular complexity index is 465. The predicted molar refractivity (Wildman–Crippen MR) is 66.1 cm³/mol. The van der Waals surface area contributed by atoms with Gasteiger partial charge in [-0.1, -0.05) is 0 Å². The molecule has 0 aliphatic carbocycles. The topological polar surface area (TPSA) is 90.0 Å². The first kappa shape index (κ1) is 14.1. The van der Waals surface area contributed by atoms with E-state index in [1.54, 1.807) is 17.7 Å². The zero-order valence-corrected chi connectivity index (χ0v) is 11.3. The monoisotopic (exact) mass is 260 g/mol. The molecule has 0 radical (unpaired) electrons. The predicted octanol–water partition coefficient (Wildman–Crippen LogP) is 0.227. The highest BCUT2D eigenvalue weighted by molar-refractivity contribution is 7.89. The molecule has 0 saturated heterocycles. The van der Waals surface area contributed by atoms with Crippen molar-refractivity contribution in [3.05, 3.63) is 12.0 Å². The number of imidazole rings is 1. The van der Waals surface area contributed by atoms with Gasteiger partial charge in [0.05, 0.1) is 0 Å². The summed E-state index contributed by atoms with van der Waals surface area (Å²) in [4.78, 5) is 4.03. The second-order valence-electron chi connectivity index (χ2n) is 4.08. The summed E-state index contributed by atoms with van der Waals surface area (Å²) in [6, 6.07) is -0.0207. The van der Waals surface area contributed by atoms with Crippen molar-refractivity contribution in [1.29, 1.82) is 0 Å². The van der Waals surface area contributed by atoms with Gasteiger partial charge in [-0.05, 0) is 27.2 Å². The van der Waals surface area contributed by atoms with E-state index in [0.29, 0.717) is 25.3 Å². The van der Waals surface area contributed by atoms with Gasteiger partial charge in [0.15, 0.2) is 5.03 Å². The Labute approximate surface area is 102 Å². The Hall–Kier alpha value is -0.920. The third-order valence-corrected chi connectivity index (χ3v) is 3.79. The highest BCUT2D eigenvalue weighted by Gasteiger charge is 2.18. The highest BCUT2D eigenvalue weighted by atomic mass is 32.2. The third-order valence-electron chi connectivity index (χ3n) is 2.46. The number of hydrogen-bond donors (Lipinski definition) is 2. The summed E-state index contributed by atoms with van der Waals surface area (Å²) >= 11 is 0. The minimum absolute atomic E-state index is 0.0207. The molecule has 0 aliphatic rings. The summed E-state index contributed by atoms with van der Waals surface area (Å²) in [7, 11) is -3.51. The van der Waals surface area contributed by atoms with E-state index in [1.807, 2.05) is 13.8 Å². The van der Waals surface area contributed by atoms with Crippen molar-refractivity contribution in [2.24, 2.45) is 5.73 Å². The van der Waals surface area contributed by atoms with Crippen LogP contribution in [0, 0.1) is 6.92 Å². The van der Waals surface area contributed by atoms with E-state index in [9.17, 15) is 8.42 Å². The lowest BCUT2D eigenvalue weighted by atomic mass is 10.3. The van der Waals surface area contributed by atoms with Gasteiger partial charge in [0, 0.05) is 25.3 Å². The number of nitrogens with one attached hydrogen (secondary N) is 1. The molecular formula is C10H20N4O2S. The quantitative estimate of drug-likeness (QED) is 0.766. The highest BCUT2D eigenvalue weighted by Crippen LogP contribution is 2.08. The Morgan fingerprint density at radius 1 is 1.59 bits per heavy atom. The van der Waals surface area contributed by atoms with Gasteiger partial charge in [-0.25, -0.2) is 18.1 Å². The summed E-state index contributed by atoms with van der Waals surface area (Å²) in [5, 5.41) is 0.0709. The molecule has 17 heavy (non-hydrogen) atoms. The van der Waals surface area contributed by atoms with E-state index in [-0.39, 0.29) is 11.1 Å². The molecule has 0 fully saturated rings. The molecule has 1 atom stereocenters. The van der Waals surface area contributed by atoms with Gasteiger partial charge < -0.3 is 10.3 Å². The fraction of sp³-hybridized carbons (Fsp3) is 0.700. The molecule has 7 heteroatoms. The van der Waals surface area contributed by atoms with Crippen LogP contribution in [-0.2, 0) is 16.6 Å². The number of rotatable bonds is 6. The number of aromatic nitrogens is 2. The van der Waals surface area contributed by atoms with Gasteiger partial charge in [0.1, 0.15) is 5.82 Å². The van der Waals surface area contributed by atoms with Crippen LogP contribution in [0.25, 0.3) is 0 Å². The smallest absolute Gasteiger partial charge is 0.259 e. The lowest BCUT2D eigenvalue weighted by Crippen LogP contribution is -2.29. The summed E-state index contributed by atoms with van der Waals surface area (Å²) in [6.45, 7) is 6.59. The van der Waals surface area contributed by atoms with Crippen molar-refractivity contribution >= 4 is 10.0 Å². The molecule has 0 saturated carbocycles. The molecular weight excluding hydrogens is 240 g/mol. The average Bonchev–Trinajstić information content (AvgIpc) is 2.59. The molecule has 1 aromatic heterocycles. The zero-order chi connectivity index (χ0) is 13.1. The Balaban J connectivity index is 2.75. The van der Waals surface area contributed by atoms with Crippen molar-refractivity contribution in [3.63, 3.8) is 0 Å². The summed E-state index contributed by atoms with van der Waals surface area (Å²) in [6.07, 6.45) is 2.15. The molecule has 0 aromatic carbocycles. The largest absolute Gasteiger partial charge is 0.334 e. The lowest BCUT2D eigenvalue weighted by Gasteiger charge is -2.06. The van der Waals surface area contributed by atoms with E-state index in [2.05, 4.69) is 9.71 Å². The summed E-state index contributed by atoms with van der Waals surface area (Å²) < 4.78 is 28.0. The molecule has 0 aliphatic heterocycles. The Morgan fingerprint density at radius 2 is 2.24 bits per heavy atom. The van der Waals surface area contributed by atoms with Gasteiger partial charge >= 0.3 is 0 Å². The Kier molecular flexibility index (Phi) is 4.67. The van der Waals surface area contributed by atoms with Crippen LogP contribution < -0.4 is 10.5 Å². The van der Waals surface area contributed by atoms with Crippen LogP contribution in [-0.4, -0.2) is 30.6 Å². The standard InChI is InChI=1S/C10H20N4O2S/c1-4-14-7-10(13-9(14)3)17(15,16)12-6-5-8(2)11/h7-8,12H,4-6,11H2,1-3H3. The second kappa shape index (κ2) is 5.61. The zero-order valence-electron chi connectivity index (χ0n) is 10.5. The molecule has 1 unspecified atom stereocenters. The number of nitrogens with zero attached hydrogens (tertiary/aromatic N) is 2. The first-order valence-electron chi connectivity index (χ1n) is 5.66. The Morgan fingerprint density at radius 3 is 2.71 bits per heavy atom. The average molecular weight is 260 g/mol. The molecule has 1 rings (SSSR count). The third kappa shape index (κ3) is 3.79. The fourth-order valence-electron chi connectivity index (χ4n) is 1.42. The molecule has 3 N–H and O–H groups in total. The maximum atomic E-state index is 11.9. The molecule has 6 nitrogen and oxygen atoms in total. The number of aryl methyl sites for hydroxylation is 2. The number of hydrogen-bond acceptors (Lipinski definition) is 4. The fourth-order valence-corrected chi connectivity index (χ4v) is 2.48. The van der Waals surface area contributed by atoms with Crippen LogP contribution >= 0.6 is 0 Å². The van der Waals surface area contributed by atoms with Crippen LogP contribution in [0.4, 0.5) is 0 Å². The van der Waals surface area contributed by atoms with Crippen molar-refractivity contribution in [2.75, 3.05) is 6.54 Å². The van der Waals surface area contributed by atoms with Gasteiger partial charge in [0.25, 0.3) is 10.0 Å². The van der Waals surface area contributed by atoms with Crippen molar-refractivity contribution in [1.82, 2.24) is 14.3 Å². The van der Waals surface area contributed by atoms with E-state index in [4.69, 9.17) is 5.73 Å². The molecule has 0 amide bonds. The molecule has 1 aromatic rings. The summed E-state index contributed by atoms with van der Waals surface area (Å²) in [5.41, 5.74) is 5.56. The minimum Gasteiger partial charge on any atom is -0.334 e. The van der Waals surface area contributed by atoms with Crippen LogP contribution in [0.5, 0.6) is 0 Å². The summed E-state index contributed by atoms with van der Waals surface area (Å²) in [5.74, 6) is 0.695. The van der Waals surface area contributed by atoms with Gasteiger partial charge in [-0.2, -0.15) is 0 Å². The van der Waals surface area contributed by atoms with Crippen molar-refractivity contribution in [3.8, 4) is 0 Å².